The van der Waals surface area contributed by atoms with Gasteiger partial charge in [-0.15, -0.1) is 0 Å². The molecule has 3 aromatic rings. The SMILES string of the molecule is CCc1ccc(-c2nc(N)c3cc(C)ccc3n2)cc1. The number of fused-ring (bicyclic) bond motifs is 1. The molecule has 100 valence electrons. The summed E-state index contributed by atoms with van der Waals surface area (Å²) >= 11 is 0. The smallest absolute Gasteiger partial charge is 0.162 e. The number of aromatic nitrogens is 2. The highest BCUT2D eigenvalue weighted by Gasteiger charge is 2.07. The zero-order valence-electron chi connectivity index (χ0n) is 11.7. The van der Waals surface area contributed by atoms with E-state index >= 15 is 0 Å². The standard InChI is InChI=1S/C17H17N3/c1-3-12-5-7-13(8-6-12)17-19-15-9-4-11(2)10-14(15)16(18)20-17/h4-10H,3H2,1-2H3,(H2,18,19,20). The van der Waals surface area contributed by atoms with E-state index in [9.17, 15) is 0 Å². The number of anilines is 1. The highest BCUT2D eigenvalue weighted by Crippen LogP contribution is 2.24. The minimum atomic E-state index is 0.535. The Balaban J connectivity index is 2.14. The number of hydrogen-bond donors (Lipinski definition) is 1. The largest absolute Gasteiger partial charge is 0.383 e. The van der Waals surface area contributed by atoms with Crippen molar-refractivity contribution in [2.24, 2.45) is 0 Å². The Morgan fingerprint density at radius 3 is 2.45 bits per heavy atom. The Morgan fingerprint density at radius 2 is 1.75 bits per heavy atom. The summed E-state index contributed by atoms with van der Waals surface area (Å²) < 4.78 is 0. The van der Waals surface area contributed by atoms with Gasteiger partial charge in [-0.25, -0.2) is 9.97 Å². The van der Waals surface area contributed by atoms with Crippen LogP contribution in [0.3, 0.4) is 0 Å². The molecule has 1 heterocycles. The van der Waals surface area contributed by atoms with Gasteiger partial charge in [-0.2, -0.15) is 0 Å². The highest BCUT2D eigenvalue weighted by atomic mass is 14.9. The second-order valence-corrected chi connectivity index (χ2v) is 5.00. The molecular formula is C17H17N3. The van der Waals surface area contributed by atoms with E-state index in [2.05, 4.69) is 29.0 Å². The second-order valence-electron chi connectivity index (χ2n) is 5.00. The molecule has 0 aliphatic heterocycles. The van der Waals surface area contributed by atoms with Crippen molar-refractivity contribution in [1.29, 1.82) is 0 Å². The summed E-state index contributed by atoms with van der Waals surface area (Å²) in [6.07, 6.45) is 1.03. The topological polar surface area (TPSA) is 51.8 Å². The van der Waals surface area contributed by atoms with Gasteiger partial charge in [0.2, 0.25) is 0 Å². The van der Waals surface area contributed by atoms with Crippen LogP contribution in [-0.2, 0) is 6.42 Å². The van der Waals surface area contributed by atoms with Crippen molar-refractivity contribution in [3.8, 4) is 11.4 Å². The molecule has 0 bridgehead atoms. The molecule has 0 atom stereocenters. The summed E-state index contributed by atoms with van der Waals surface area (Å²) in [6, 6.07) is 14.4. The van der Waals surface area contributed by atoms with Gasteiger partial charge in [-0.3, -0.25) is 0 Å². The van der Waals surface area contributed by atoms with Crippen LogP contribution in [0.15, 0.2) is 42.5 Å². The van der Waals surface area contributed by atoms with E-state index in [1.54, 1.807) is 0 Å². The van der Waals surface area contributed by atoms with E-state index in [0.29, 0.717) is 11.6 Å². The van der Waals surface area contributed by atoms with Gasteiger partial charge in [-0.1, -0.05) is 42.8 Å². The number of nitrogens with two attached hydrogens (primary N) is 1. The van der Waals surface area contributed by atoms with Crippen molar-refractivity contribution in [3.05, 3.63) is 53.6 Å². The van der Waals surface area contributed by atoms with Gasteiger partial charge in [0.05, 0.1) is 5.52 Å². The van der Waals surface area contributed by atoms with Gasteiger partial charge in [-0.05, 0) is 31.0 Å². The zero-order valence-corrected chi connectivity index (χ0v) is 11.7. The molecule has 0 fully saturated rings. The lowest BCUT2D eigenvalue weighted by Crippen LogP contribution is -1.98. The number of hydrogen-bond acceptors (Lipinski definition) is 3. The van der Waals surface area contributed by atoms with Crippen molar-refractivity contribution < 1.29 is 0 Å². The van der Waals surface area contributed by atoms with Gasteiger partial charge in [0.15, 0.2) is 5.82 Å². The Kier molecular flexibility index (Phi) is 3.11. The Bertz CT molecular complexity index is 761. The van der Waals surface area contributed by atoms with Gasteiger partial charge in [0.1, 0.15) is 5.82 Å². The first kappa shape index (κ1) is 12.6. The predicted molar refractivity (Wildman–Crippen MR) is 83.5 cm³/mol. The summed E-state index contributed by atoms with van der Waals surface area (Å²) in [7, 11) is 0. The number of nitrogen functional groups attached to an aromatic ring is 1. The molecule has 2 aromatic carbocycles. The summed E-state index contributed by atoms with van der Waals surface area (Å²) in [5.41, 5.74) is 10.4. The van der Waals surface area contributed by atoms with Crippen LogP contribution in [0.1, 0.15) is 18.1 Å². The van der Waals surface area contributed by atoms with Gasteiger partial charge in [0, 0.05) is 10.9 Å². The average molecular weight is 263 g/mol. The summed E-state index contributed by atoms with van der Waals surface area (Å²) in [5.74, 6) is 1.22. The van der Waals surface area contributed by atoms with Crippen LogP contribution in [0.25, 0.3) is 22.3 Å². The normalized spacial score (nSPS) is 10.9. The minimum absolute atomic E-state index is 0.535. The molecule has 0 saturated heterocycles. The third-order valence-corrected chi connectivity index (χ3v) is 3.50. The monoisotopic (exact) mass is 263 g/mol. The van der Waals surface area contributed by atoms with Gasteiger partial charge >= 0.3 is 0 Å². The fourth-order valence-corrected chi connectivity index (χ4v) is 2.28. The average Bonchev–Trinajstić information content (AvgIpc) is 2.48. The first-order chi connectivity index (χ1) is 9.67. The first-order valence-electron chi connectivity index (χ1n) is 6.80. The maximum absolute atomic E-state index is 6.07. The maximum atomic E-state index is 6.07. The predicted octanol–water partition coefficient (Wildman–Crippen LogP) is 3.75. The van der Waals surface area contributed by atoms with E-state index < -0.39 is 0 Å². The van der Waals surface area contributed by atoms with E-state index in [4.69, 9.17) is 5.73 Å². The third kappa shape index (κ3) is 2.23. The fourth-order valence-electron chi connectivity index (χ4n) is 2.28. The molecule has 1 aromatic heterocycles. The fraction of sp³-hybridized carbons (Fsp3) is 0.176. The van der Waals surface area contributed by atoms with Crippen molar-refractivity contribution in [2.75, 3.05) is 5.73 Å². The molecule has 0 saturated carbocycles. The van der Waals surface area contributed by atoms with Gasteiger partial charge in [0.25, 0.3) is 0 Å². The molecule has 0 spiro atoms. The Labute approximate surface area is 118 Å². The van der Waals surface area contributed by atoms with Crippen molar-refractivity contribution in [3.63, 3.8) is 0 Å². The van der Waals surface area contributed by atoms with Crippen molar-refractivity contribution in [1.82, 2.24) is 9.97 Å². The number of rotatable bonds is 2. The molecular weight excluding hydrogens is 246 g/mol. The lowest BCUT2D eigenvalue weighted by atomic mass is 10.1. The van der Waals surface area contributed by atoms with Crippen LogP contribution in [0.5, 0.6) is 0 Å². The highest BCUT2D eigenvalue weighted by molar-refractivity contribution is 5.90. The lowest BCUT2D eigenvalue weighted by Gasteiger charge is -2.07. The molecule has 0 radical (unpaired) electrons. The first-order valence-corrected chi connectivity index (χ1v) is 6.80. The van der Waals surface area contributed by atoms with Crippen LogP contribution in [0, 0.1) is 6.92 Å². The Morgan fingerprint density at radius 1 is 1.00 bits per heavy atom. The van der Waals surface area contributed by atoms with Crippen LogP contribution in [0.4, 0.5) is 5.82 Å². The summed E-state index contributed by atoms with van der Waals surface area (Å²) in [4.78, 5) is 9.05. The van der Waals surface area contributed by atoms with Crippen molar-refractivity contribution >= 4 is 16.7 Å². The van der Waals surface area contributed by atoms with E-state index in [1.807, 2.05) is 37.3 Å². The molecule has 3 nitrogen and oxygen atoms in total. The van der Waals surface area contributed by atoms with Gasteiger partial charge < -0.3 is 5.73 Å². The van der Waals surface area contributed by atoms with Crippen LogP contribution < -0.4 is 5.73 Å². The van der Waals surface area contributed by atoms with E-state index in [-0.39, 0.29) is 0 Å². The van der Waals surface area contributed by atoms with E-state index in [0.717, 1.165) is 28.5 Å². The summed E-state index contributed by atoms with van der Waals surface area (Å²) in [6.45, 7) is 4.18. The van der Waals surface area contributed by atoms with Crippen LogP contribution >= 0.6 is 0 Å². The van der Waals surface area contributed by atoms with Crippen LogP contribution in [0.2, 0.25) is 0 Å². The third-order valence-electron chi connectivity index (χ3n) is 3.50. The molecule has 20 heavy (non-hydrogen) atoms. The molecule has 2 N–H and O–H groups in total. The summed E-state index contributed by atoms with van der Waals surface area (Å²) in [5, 5.41) is 0.916. The number of aryl methyl sites for hydroxylation is 2. The lowest BCUT2D eigenvalue weighted by molar-refractivity contribution is 1.14. The maximum Gasteiger partial charge on any atom is 0.162 e. The van der Waals surface area contributed by atoms with E-state index in [1.165, 1.54) is 5.56 Å². The number of nitrogens with zero attached hydrogens (tertiary/aromatic N) is 2. The van der Waals surface area contributed by atoms with Crippen molar-refractivity contribution in [2.45, 2.75) is 20.3 Å². The molecule has 0 amide bonds. The molecule has 0 aliphatic rings. The molecule has 0 unspecified atom stereocenters. The second kappa shape index (κ2) is 4.93. The minimum Gasteiger partial charge on any atom is -0.383 e. The van der Waals surface area contributed by atoms with Crippen LogP contribution in [-0.4, -0.2) is 9.97 Å². The zero-order chi connectivity index (χ0) is 14.1. The molecule has 3 rings (SSSR count). The Hall–Kier alpha value is -2.42. The molecule has 0 aliphatic carbocycles. The number of benzene rings is 2. The quantitative estimate of drug-likeness (QED) is 0.766. The molecule has 3 heteroatoms.